The Bertz CT molecular complexity index is 536. The van der Waals surface area contributed by atoms with Gasteiger partial charge in [0.15, 0.2) is 0 Å². The van der Waals surface area contributed by atoms with Crippen LogP contribution in [0.15, 0.2) is 12.2 Å². The number of rotatable bonds is 1. The summed E-state index contributed by atoms with van der Waals surface area (Å²) in [5.41, 5.74) is 2.91. The van der Waals surface area contributed by atoms with Gasteiger partial charge in [0, 0.05) is 0 Å². The molecule has 8 atom stereocenters. The van der Waals surface area contributed by atoms with Crippen LogP contribution in [0.3, 0.4) is 0 Å². The molecule has 0 spiro atoms. The third kappa shape index (κ3) is 2.09. The predicted molar refractivity (Wildman–Crippen MR) is 101 cm³/mol. The van der Waals surface area contributed by atoms with E-state index in [-0.39, 0.29) is 6.10 Å². The molecule has 0 amide bonds. The van der Waals surface area contributed by atoms with Crippen molar-refractivity contribution in [3.05, 3.63) is 12.2 Å². The zero-order chi connectivity index (χ0) is 17.3. The lowest BCUT2D eigenvalue weighted by atomic mass is 9.40. The van der Waals surface area contributed by atoms with Crippen LogP contribution in [0.4, 0.5) is 0 Å². The van der Waals surface area contributed by atoms with Crippen molar-refractivity contribution in [1.29, 1.82) is 0 Å². The molecule has 4 aliphatic carbocycles. The molecule has 0 aromatic rings. The fourth-order valence-electron chi connectivity index (χ4n) is 8.35. The molecule has 0 heterocycles. The van der Waals surface area contributed by atoms with Crippen LogP contribution in [0, 0.1) is 39.9 Å². The highest BCUT2D eigenvalue weighted by Crippen LogP contribution is 2.71. The van der Waals surface area contributed by atoms with Gasteiger partial charge in [-0.15, -0.1) is 0 Å². The van der Waals surface area contributed by atoms with E-state index in [4.69, 9.17) is 0 Å². The Kier molecular flexibility index (Phi) is 3.82. The highest BCUT2D eigenvalue weighted by Gasteiger charge is 2.63. The molecule has 0 aromatic heterocycles. The molecule has 4 aliphatic rings. The third-order valence-corrected chi connectivity index (χ3v) is 9.97. The SMILES string of the molecule is C=C1CC[C@]2(C)CC[C@H]3[C@@H]4CC[C@H]([C@H](C)O)[C@@]4(C)CC[C@@H]3[C@@]2(C)C1. The van der Waals surface area contributed by atoms with Gasteiger partial charge >= 0.3 is 0 Å². The number of allylic oxidation sites excluding steroid dienone is 1. The van der Waals surface area contributed by atoms with Gasteiger partial charge in [0.25, 0.3) is 0 Å². The first kappa shape index (κ1) is 17.1. The van der Waals surface area contributed by atoms with E-state index in [0.29, 0.717) is 22.2 Å². The van der Waals surface area contributed by atoms with Crippen molar-refractivity contribution in [2.75, 3.05) is 0 Å². The monoisotopic (exact) mass is 330 g/mol. The van der Waals surface area contributed by atoms with Gasteiger partial charge in [-0.25, -0.2) is 0 Å². The van der Waals surface area contributed by atoms with Crippen molar-refractivity contribution in [3.8, 4) is 0 Å². The highest BCUT2D eigenvalue weighted by molar-refractivity contribution is 5.17. The van der Waals surface area contributed by atoms with E-state index < -0.39 is 0 Å². The van der Waals surface area contributed by atoms with Crippen LogP contribution in [0.25, 0.3) is 0 Å². The Morgan fingerprint density at radius 2 is 1.75 bits per heavy atom. The van der Waals surface area contributed by atoms with Crippen molar-refractivity contribution in [3.63, 3.8) is 0 Å². The molecule has 1 heteroatoms. The molecule has 24 heavy (non-hydrogen) atoms. The maximum atomic E-state index is 10.4. The summed E-state index contributed by atoms with van der Waals surface area (Å²) in [5.74, 6) is 3.17. The lowest BCUT2D eigenvalue weighted by molar-refractivity contribution is -0.148. The Labute approximate surface area is 149 Å². The summed E-state index contributed by atoms with van der Waals surface area (Å²) in [6.45, 7) is 14.2. The van der Waals surface area contributed by atoms with E-state index in [1.807, 2.05) is 6.92 Å². The molecule has 4 fully saturated rings. The van der Waals surface area contributed by atoms with E-state index in [9.17, 15) is 5.11 Å². The lowest BCUT2D eigenvalue weighted by Gasteiger charge is -2.65. The van der Waals surface area contributed by atoms with Gasteiger partial charge in [-0.05, 0) is 105 Å². The Balaban J connectivity index is 1.67. The Morgan fingerprint density at radius 3 is 2.46 bits per heavy atom. The highest BCUT2D eigenvalue weighted by atomic mass is 16.3. The topological polar surface area (TPSA) is 20.2 Å². The molecule has 4 rings (SSSR count). The quantitative estimate of drug-likeness (QED) is 0.587. The zero-order valence-electron chi connectivity index (χ0n) is 16.4. The molecule has 0 unspecified atom stereocenters. The van der Waals surface area contributed by atoms with Crippen molar-refractivity contribution >= 4 is 0 Å². The van der Waals surface area contributed by atoms with Crippen molar-refractivity contribution in [2.24, 2.45) is 39.9 Å². The van der Waals surface area contributed by atoms with E-state index in [0.717, 1.165) is 17.8 Å². The molecule has 0 aliphatic heterocycles. The lowest BCUT2D eigenvalue weighted by Crippen LogP contribution is -2.57. The second kappa shape index (κ2) is 5.35. The maximum Gasteiger partial charge on any atom is 0.0545 e. The van der Waals surface area contributed by atoms with E-state index in [1.54, 1.807) is 0 Å². The van der Waals surface area contributed by atoms with E-state index in [2.05, 4.69) is 27.4 Å². The van der Waals surface area contributed by atoms with Crippen molar-refractivity contribution < 1.29 is 5.11 Å². The molecule has 0 saturated heterocycles. The normalized spacial score (nSPS) is 55.5. The summed E-state index contributed by atoms with van der Waals surface area (Å²) in [5, 5.41) is 10.4. The molecule has 4 saturated carbocycles. The number of hydrogen-bond donors (Lipinski definition) is 1. The van der Waals surface area contributed by atoms with Crippen molar-refractivity contribution in [2.45, 2.75) is 91.6 Å². The third-order valence-electron chi connectivity index (χ3n) is 9.97. The average molecular weight is 331 g/mol. The fourth-order valence-corrected chi connectivity index (χ4v) is 8.35. The Hall–Kier alpha value is -0.300. The van der Waals surface area contributed by atoms with E-state index >= 15 is 0 Å². The number of aliphatic hydroxyl groups excluding tert-OH is 1. The smallest absolute Gasteiger partial charge is 0.0545 e. The second-order valence-corrected chi connectivity index (χ2v) is 10.8. The first-order chi connectivity index (χ1) is 11.2. The average Bonchev–Trinajstić information content (AvgIpc) is 2.86. The summed E-state index contributed by atoms with van der Waals surface area (Å²) in [4.78, 5) is 0. The van der Waals surface area contributed by atoms with Crippen LogP contribution >= 0.6 is 0 Å². The van der Waals surface area contributed by atoms with Gasteiger partial charge in [0.2, 0.25) is 0 Å². The standard InChI is InChI=1S/C23H38O/c1-15-8-11-21(3)12-9-17-19-7-6-18(16(2)24)22(19,4)13-10-20(17)23(21,5)14-15/h16-20,24H,1,6-14H2,2-5H3/t16-,17-,18+,19-,20-,21+,22+,23+/m0/s1. The molecule has 1 N–H and O–H groups in total. The largest absolute Gasteiger partial charge is 0.393 e. The molecule has 1 nitrogen and oxygen atoms in total. The minimum absolute atomic E-state index is 0.129. The first-order valence-electron chi connectivity index (χ1n) is 10.6. The first-order valence-corrected chi connectivity index (χ1v) is 10.6. The molecule has 0 aromatic carbocycles. The predicted octanol–water partition coefficient (Wildman–Crippen LogP) is 5.97. The van der Waals surface area contributed by atoms with Crippen LogP contribution in [0.2, 0.25) is 0 Å². The van der Waals surface area contributed by atoms with Gasteiger partial charge < -0.3 is 5.11 Å². The van der Waals surface area contributed by atoms with Gasteiger partial charge in [-0.1, -0.05) is 32.9 Å². The minimum Gasteiger partial charge on any atom is -0.393 e. The molecule has 136 valence electrons. The molecule has 0 bridgehead atoms. The number of aliphatic hydroxyl groups is 1. The summed E-state index contributed by atoms with van der Waals surface area (Å²) in [6.07, 6.45) is 12.0. The van der Waals surface area contributed by atoms with E-state index in [1.165, 1.54) is 63.4 Å². The molecular formula is C23H38O. The van der Waals surface area contributed by atoms with Crippen LogP contribution in [-0.2, 0) is 0 Å². The summed E-state index contributed by atoms with van der Waals surface area (Å²) >= 11 is 0. The van der Waals surface area contributed by atoms with Crippen molar-refractivity contribution in [1.82, 2.24) is 0 Å². The van der Waals surface area contributed by atoms with Crippen LogP contribution in [-0.4, -0.2) is 11.2 Å². The van der Waals surface area contributed by atoms with Crippen LogP contribution in [0.5, 0.6) is 0 Å². The Morgan fingerprint density at radius 1 is 1.00 bits per heavy atom. The molecule has 0 radical (unpaired) electrons. The van der Waals surface area contributed by atoms with Gasteiger partial charge in [0.05, 0.1) is 6.10 Å². The summed E-state index contributed by atoms with van der Waals surface area (Å²) in [6, 6.07) is 0. The summed E-state index contributed by atoms with van der Waals surface area (Å²) < 4.78 is 0. The fraction of sp³-hybridized carbons (Fsp3) is 0.913. The number of hydrogen-bond acceptors (Lipinski definition) is 1. The number of fused-ring (bicyclic) bond motifs is 5. The minimum atomic E-state index is -0.129. The van der Waals surface area contributed by atoms with Gasteiger partial charge in [-0.3, -0.25) is 0 Å². The van der Waals surface area contributed by atoms with Gasteiger partial charge in [0.1, 0.15) is 0 Å². The zero-order valence-corrected chi connectivity index (χ0v) is 16.4. The van der Waals surface area contributed by atoms with Crippen LogP contribution in [0.1, 0.15) is 85.5 Å². The summed E-state index contributed by atoms with van der Waals surface area (Å²) in [7, 11) is 0. The molecular weight excluding hydrogens is 292 g/mol. The van der Waals surface area contributed by atoms with Gasteiger partial charge in [-0.2, -0.15) is 0 Å². The maximum absolute atomic E-state index is 10.4. The van der Waals surface area contributed by atoms with Crippen LogP contribution < -0.4 is 0 Å². The second-order valence-electron chi connectivity index (χ2n) is 10.8.